The molecule has 1 aromatic heterocycles. The van der Waals surface area contributed by atoms with Crippen LogP contribution in [0.15, 0.2) is 78.9 Å². The van der Waals surface area contributed by atoms with E-state index < -0.39 is 11.9 Å². The van der Waals surface area contributed by atoms with Gasteiger partial charge in [-0.15, -0.1) is 0 Å². The number of benzene rings is 3. The molecule has 3 aromatic carbocycles. The van der Waals surface area contributed by atoms with E-state index in [1.165, 1.54) is 0 Å². The Bertz CT molecular complexity index is 1310. The number of amides is 1. The van der Waals surface area contributed by atoms with Gasteiger partial charge in [0.15, 0.2) is 6.61 Å². The molecular weight excluding hydrogens is 426 g/mol. The Labute approximate surface area is 199 Å². The summed E-state index contributed by atoms with van der Waals surface area (Å²) in [6.45, 7) is 5.37. The maximum absolute atomic E-state index is 12.7. The van der Waals surface area contributed by atoms with Crippen LogP contribution in [0.25, 0.3) is 5.69 Å². The number of aryl methyl sites for hydroxylation is 2. The summed E-state index contributed by atoms with van der Waals surface area (Å²) in [4.78, 5) is 25.3. The van der Waals surface area contributed by atoms with Gasteiger partial charge >= 0.3 is 5.97 Å². The van der Waals surface area contributed by atoms with Crippen LogP contribution < -0.4 is 5.32 Å². The van der Waals surface area contributed by atoms with Crippen LogP contribution >= 0.6 is 0 Å². The van der Waals surface area contributed by atoms with E-state index in [-0.39, 0.29) is 6.61 Å². The molecule has 0 atom stereocenters. The predicted octanol–water partition coefficient (Wildman–Crippen LogP) is 5.18. The molecule has 34 heavy (non-hydrogen) atoms. The number of carbonyl (C=O) groups excluding carboxylic acids is 2. The molecule has 0 radical (unpaired) electrons. The molecule has 4 rings (SSSR count). The monoisotopic (exact) mass is 453 g/mol. The first-order chi connectivity index (χ1) is 16.4. The van der Waals surface area contributed by atoms with Crippen LogP contribution in [-0.2, 0) is 16.0 Å². The summed E-state index contributed by atoms with van der Waals surface area (Å²) < 4.78 is 7.13. The normalized spacial score (nSPS) is 10.7. The quantitative estimate of drug-likeness (QED) is 0.391. The van der Waals surface area contributed by atoms with E-state index >= 15 is 0 Å². The average molecular weight is 454 g/mol. The third-order valence-corrected chi connectivity index (χ3v) is 5.64. The summed E-state index contributed by atoms with van der Waals surface area (Å²) >= 11 is 0. The number of anilines is 1. The van der Waals surface area contributed by atoms with Crippen LogP contribution in [0.3, 0.4) is 0 Å². The van der Waals surface area contributed by atoms with Crippen LogP contribution in [0.4, 0.5) is 5.69 Å². The molecule has 172 valence electrons. The Balaban J connectivity index is 1.41. The molecule has 0 aliphatic heterocycles. The van der Waals surface area contributed by atoms with Gasteiger partial charge in [-0.3, -0.25) is 4.79 Å². The largest absolute Gasteiger partial charge is 0.452 e. The molecule has 0 aliphatic carbocycles. The second-order valence-electron chi connectivity index (χ2n) is 8.24. The Hall–Kier alpha value is -4.19. The SMILES string of the molecule is Cc1ccc(-n2nc(C)c(NC(=O)COC(=O)c3ccccc3Cc3ccccc3)c2C)cc1. The zero-order valence-corrected chi connectivity index (χ0v) is 19.5. The molecule has 0 saturated carbocycles. The molecule has 0 saturated heterocycles. The molecule has 0 spiro atoms. The van der Waals surface area contributed by atoms with Crippen LogP contribution in [0, 0.1) is 20.8 Å². The van der Waals surface area contributed by atoms with Gasteiger partial charge in [-0.25, -0.2) is 9.48 Å². The molecule has 0 fully saturated rings. The first kappa shape index (κ1) is 23.0. The fourth-order valence-electron chi connectivity index (χ4n) is 3.83. The number of nitrogens with one attached hydrogen (secondary N) is 1. The van der Waals surface area contributed by atoms with Crippen molar-refractivity contribution in [2.24, 2.45) is 0 Å². The number of nitrogens with zero attached hydrogens (tertiary/aromatic N) is 2. The van der Waals surface area contributed by atoms with Crippen LogP contribution in [-0.4, -0.2) is 28.3 Å². The number of hydrogen-bond donors (Lipinski definition) is 1. The van der Waals surface area contributed by atoms with E-state index in [1.54, 1.807) is 16.8 Å². The zero-order valence-electron chi connectivity index (χ0n) is 19.5. The minimum absolute atomic E-state index is 0.382. The summed E-state index contributed by atoms with van der Waals surface area (Å²) in [5, 5.41) is 7.39. The highest BCUT2D eigenvalue weighted by Crippen LogP contribution is 2.23. The van der Waals surface area contributed by atoms with Crippen molar-refractivity contribution in [1.29, 1.82) is 0 Å². The van der Waals surface area contributed by atoms with Crippen molar-refractivity contribution in [3.05, 3.63) is 113 Å². The van der Waals surface area contributed by atoms with E-state index in [9.17, 15) is 9.59 Å². The molecule has 4 aromatic rings. The van der Waals surface area contributed by atoms with Gasteiger partial charge in [0.05, 0.1) is 28.3 Å². The van der Waals surface area contributed by atoms with E-state index in [4.69, 9.17) is 4.74 Å². The van der Waals surface area contributed by atoms with Gasteiger partial charge in [0.25, 0.3) is 5.91 Å². The summed E-state index contributed by atoms with van der Waals surface area (Å²) in [6, 6.07) is 25.2. The highest BCUT2D eigenvalue weighted by Gasteiger charge is 2.18. The lowest BCUT2D eigenvalue weighted by Crippen LogP contribution is -2.22. The molecular formula is C28H27N3O3. The van der Waals surface area contributed by atoms with Crippen molar-refractivity contribution in [3.8, 4) is 5.69 Å². The zero-order chi connectivity index (χ0) is 24.1. The lowest BCUT2D eigenvalue weighted by Gasteiger charge is -2.11. The van der Waals surface area contributed by atoms with Crippen molar-refractivity contribution in [1.82, 2.24) is 9.78 Å². The second-order valence-corrected chi connectivity index (χ2v) is 8.24. The van der Waals surface area contributed by atoms with Crippen LogP contribution in [0.1, 0.15) is 38.4 Å². The van der Waals surface area contributed by atoms with Crippen molar-refractivity contribution >= 4 is 17.6 Å². The molecule has 1 heterocycles. The fraction of sp³-hybridized carbons (Fsp3) is 0.179. The lowest BCUT2D eigenvalue weighted by atomic mass is 10.00. The number of carbonyl (C=O) groups is 2. The van der Waals surface area contributed by atoms with Gasteiger partial charge in [-0.2, -0.15) is 5.10 Å². The van der Waals surface area contributed by atoms with Gasteiger partial charge in [-0.1, -0.05) is 66.2 Å². The Morgan fingerprint density at radius 1 is 0.882 bits per heavy atom. The van der Waals surface area contributed by atoms with Gasteiger partial charge < -0.3 is 10.1 Å². The lowest BCUT2D eigenvalue weighted by molar-refractivity contribution is -0.119. The number of hydrogen-bond acceptors (Lipinski definition) is 4. The Morgan fingerprint density at radius 3 is 2.29 bits per heavy atom. The predicted molar refractivity (Wildman–Crippen MR) is 132 cm³/mol. The highest BCUT2D eigenvalue weighted by atomic mass is 16.5. The number of ether oxygens (including phenoxy) is 1. The molecule has 1 N–H and O–H groups in total. The van der Waals surface area contributed by atoms with Crippen molar-refractivity contribution in [3.63, 3.8) is 0 Å². The standard InChI is InChI=1S/C28H27N3O3/c1-19-13-15-24(16-14-19)31-21(3)27(20(2)30-31)29-26(32)18-34-28(33)25-12-8-7-11-23(25)17-22-9-5-4-6-10-22/h4-16H,17-18H2,1-3H3,(H,29,32). The Kier molecular flexibility index (Phi) is 6.87. The molecule has 6 nitrogen and oxygen atoms in total. The summed E-state index contributed by atoms with van der Waals surface area (Å²) in [5.41, 5.74) is 6.58. The van der Waals surface area contributed by atoms with Gasteiger partial charge in [-0.05, 0) is 56.5 Å². The fourth-order valence-corrected chi connectivity index (χ4v) is 3.83. The van der Waals surface area contributed by atoms with E-state index in [2.05, 4.69) is 10.4 Å². The molecule has 0 unspecified atom stereocenters. The van der Waals surface area contributed by atoms with E-state index in [0.717, 1.165) is 28.1 Å². The minimum atomic E-state index is -0.523. The molecule has 0 bridgehead atoms. The van der Waals surface area contributed by atoms with E-state index in [1.807, 2.05) is 87.5 Å². The topological polar surface area (TPSA) is 73.2 Å². The Morgan fingerprint density at radius 2 is 1.56 bits per heavy atom. The van der Waals surface area contributed by atoms with Crippen molar-refractivity contribution in [2.45, 2.75) is 27.2 Å². The maximum atomic E-state index is 12.7. The smallest absolute Gasteiger partial charge is 0.338 e. The molecule has 0 aliphatic rings. The van der Waals surface area contributed by atoms with Crippen molar-refractivity contribution in [2.75, 3.05) is 11.9 Å². The number of aromatic nitrogens is 2. The summed E-state index contributed by atoms with van der Waals surface area (Å²) in [7, 11) is 0. The second kappa shape index (κ2) is 10.2. The third-order valence-electron chi connectivity index (χ3n) is 5.64. The first-order valence-corrected chi connectivity index (χ1v) is 11.1. The molecule has 1 amide bonds. The third kappa shape index (κ3) is 5.23. The minimum Gasteiger partial charge on any atom is -0.452 e. The van der Waals surface area contributed by atoms with Gasteiger partial charge in [0.1, 0.15) is 0 Å². The summed E-state index contributed by atoms with van der Waals surface area (Å²) in [5.74, 6) is -0.936. The average Bonchev–Trinajstić information content (AvgIpc) is 3.12. The van der Waals surface area contributed by atoms with Gasteiger partial charge in [0, 0.05) is 0 Å². The van der Waals surface area contributed by atoms with Crippen LogP contribution in [0.2, 0.25) is 0 Å². The number of rotatable bonds is 7. The van der Waals surface area contributed by atoms with Gasteiger partial charge in [0.2, 0.25) is 0 Å². The highest BCUT2D eigenvalue weighted by molar-refractivity contribution is 5.96. The van der Waals surface area contributed by atoms with Crippen molar-refractivity contribution < 1.29 is 14.3 Å². The van der Waals surface area contributed by atoms with E-state index in [0.29, 0.717) is 23.4 Å². The first-order valence-electron chi connectivity index (χ1n) is 11.1. The summed E-state index contributed by atoms with van der Waals surface area (Å²) in [6.07, 6.45) is 0.606. The van der Waals surface area contributed by atoms with Crippen LogP contribution in [0.5, 0.6) is 0 Å². The maximum Gasteiger partial charge on any atom is 0.338 e. The molecule has 6 heteroatoms. The number of esters is 1.